The summed E-state index contributed by atoms with van der Waals surface area (Å²) in [5, 5.41) is 4.38. The highest BCUT2D eigenvalue weighted by Gasteiger charge is 2.67. The van der Waals surface area contributed by atoms with Gasteiger partial charge in [0, 0.05) is 52.7 Å². The predicted octanol–water partition coefficient (Wildman–Crippen LogP) is 6.18. The second-order valence-corrected chi connectivity index (χ2v) is 10.9. The summed E-state index contributed by atoms with van der Waals surface area (Å²) in [6.45, 7) is -0.823. The molecule has 2 saturated carbocycles. The van der Waals surface area contributed by atoms with Crippen LogP contribution in [0, 0.1) is 23.5 Å². The molecular formula is C32H25F6N5O. The number of fused-ring (bicyclic) bond motifs is 2. The first-order chi connectivity index (χ1) is 21.0. The number of nitrogens with one attached hydrogen (secondary N) is 1. The van der Waals surface area contributed by atoms with Gasteiger partial charge in [-0.3, -0.25) is 19.8 Å². The Labute approximate surface area is 247 Å². The molecule has 6 nitrogen and oxygen atoms in total. The van der Waals surface area contributed by atoms with Crippen molar-refractivity contribution in [1.82, 2.24) is 15.3 Å². The number of hydrogen-bond acceptors (Lipinski definition) is 5. The van der Waals surface area contributed by atoms with E-state index < -0.39 is 71.3 Å². The Hall–Kier alpha value is -4.74. The molecule has 2 aromatic carbocycles. The third-order valence-corrected chi connectivity index (χ3v) is 7.95. The smallest absolute Gasteiger partial charge is 0.292 e. The fourth-order valence-electron chi connectivity index (χ4n) is 5.93. The molecule has 12 heteroatoms. The van der Waals surface area contributed by atoms with Gasteiger partial charge in [-0.25, -0.2) is 17.6 Å². The third-order valence-electron chi connectivity index (χ3n) is 7.95. The number of allylic oxidation sites excluding steroid dienone is 2. The van der Waals surface area contributed by atoms with Crippen LogP contribution >= 0.6 is 0 Å². The zero-order chi connectivity index (χ0) is 31.2. The second kappa shape index (κ2) is 11.4. The number of alkyl halides is 4. The maximum Gasteiger partial charge on any atom is 0.292 e. The highest BCUT2D eigenvalue weighted by atomic mass is 19.3. The molecule has 6 rings (SSSR count). The summed E-state index contributed by atoms with van der Waals surface area (Å²) in [5.74, 6) is -8.01. The number of benzene rings is 2. The first-order valence-electron chi connectivity index (χ1n) is 13.8. The molecule has 2 aliphatic rings. The van der Waals surface area contributed by atoms with Gasteiger partial charge in [-0.05, 0) is 47.9 Å². The third kappa shape index (κ3) is 5.51. The summed E-state index contributed by atoms with van der Waals surface area (Å²) < 4.78 is 84.9. The lowest BCUT2D eigenvalue weighted by molar-refractivity contribution is -0.120. The van der Waals surface area contributed by atoms with Gasteiger partial charge < -0.3 is 11.1 Å². The number of carbonyl (C=O) groups is 1. The first-order valence-corrected chi connectivity index (χ1v) is 13.8. The molecule has 226 valence electrons. The van der Waals surface area contributed by atoms with Crippen LogP contribution in [0.1, 0.15) is 23.7 Å². The average Bonchev–Trinajstić information content (AvgIpc) is 3.75. The SMILES string of the molecule is NC(=C1C(=NCC(=O)N[C@@H](Cc2cc(F)cc(F)c2)c2ncccc2-c2cncc3ccccc23)C(F)(F)C2CC12)C(F)F. The number of aromatic nitrogens is 2. The summed E-state index contributed by atoms with van der Waals surface area (Å²) >= 11 is 0. The van der Waals surface area contributed by atoms with Gasteiger partial charge in [-0.2, -0.15) is 8.78 Å². The number of amides is 1. The molecule has 1 amide bonds. The van der Waals surface area contributed by atoms with Gasteiger partial charge in [0.1, 0.15) is 23.9 Å². The summed E-state index contributed by atoms with van der Waals surface area (Å²) in [7, 11) is 0. The molecule has 2 aliphatic carbocycles. The van der Waals surface area contributed by atoms with E-state index in [1.165, 1.54) is 6.20 Å². The monoisotopic (exact) mass is 609 g/mol. The highest BCUT2D eigenvalue weighted by Crippen LogP contribution is 2.61. The van der Waals surface area contributed by atoms with Crippen LogP contribution in [0.25, 0.3) is 21.9 Å². The molecule has 2 unspecified atom stereocenters. The maximum absolute atomic E-state index is 14.9. The zero-order valence-electron chi connectivity index (χ0n) is 23.0. The lowest BCUT2D eigenvalue weighted by atomic mass is 9.94. The molecule has 0 bridgehead atoms. The molecule has 0 aliphatic heterocycles. The normalized spacial score (nSPS) is 21.4. The van der Waals surface area contributed by atoms with E-state index in [1.54, 1.807) is 24.5 Å². The standard InChI is InChI=1S/C32H25F6N5O/c33-18-8-16(9-19(34)11-18)10-25(29-21(6-3-7-41-29)23-14-40-13-17-4-1-2-5-20(17)23)43-26(44)15-42-30-27(28(39)31(35)36)22-12-24(22)32(30,37)38/h1-9,11,13-14,22,24-25,31H,10,12,15,39H2,(H,43,44)/t22?,24?,25-/m0/s1. The van der Waals surface area contributed by atoms with E-state index in [-0.39, 0.29) is 18.4 Å². The molecule has 2 aromatic heterocycles. The minimum absolute atomic E-state index is 0.0126. The van der Waals surface area contributed by atoms with Gasteiger partial charge in [0.25, 0.3) is 12.3 Å². The van der Waals surface area contributed by atoms with Crippen molar-refractivity contribution in [2.45, 2.75) is 31.2 Å². The van der Waals surface area contributed by atoms with Crippen LogP contribution in [0.15, 0.2) is 89.5 Å². The molecule has 4 aromatic rings. The van der Waals surface area contributed by atoms with E-state index >= 15 is 0 Å². The van der Waals surface area contributed by atoms with Crippen molar-refractivity contribution >= 4 is 22.4 Å². The predicted molar refractivity (Wildman–Crippen MR) is 152 cm³/mol. The van der Waals surface area contributed by atoms with Crippen molar-refractivity contribution in [3.05, 3.63) is 107 Å². The maximum atomic E-state index is 14.9. The first kappa shape index (κ1) is 29.3. The highest BCUT2D eigenvalue weighted by molar-refractivity contribution is 6.11. The van der Waals surface area contributed by atoms with E-state index in [0.29, 0.717) is 22.9 Å². The number of nitrogens with zero attached hydrogens (tertiary/aromatic N) is 3. The van der Waals surface area contributed by atoms with Crippen LogP contribution in [-0.4, -0.2) is 40.5 Å². The number of halogens is 6. The Bertz CT molecular complexity index is 1800. The Morgan fingerprint density at radius 1 is 1.05 bits per heavy atom. The van der Waals surface area contributed by atoms with E-state index in [0.717, 1.165) is 22.9 Å². The largest absolute Gasteiger partial charge is 0.397 e. The average molecular weight is 610 g/mol. The number of carbonyl (C=O) groups excluding carboxylic acids is 1. The van der Waals surface area contributed by atoms with Crippen LogP contribution in [0.2, 0.25) is 0 Å². The van der Waals surface area contributed by atoms with Crippen molar-refractivity contribution in [3.63, 3.8) is 0 Å². The van der Waals surface area contributed by atoms with Crippen LogP contribution in [0.5, 0.6) is 0 Å². The summed E-state index contributed by atoms with van der Waals surface area (Å²) in [6, 6.07) is 12.8. The Kier molecular flexibility index (Phi) is 7.60. The van der Waals surface area contributed by atoms with Gasteiger partial charge >= 0.3 is 0 Å². The Balaban J connectivity index is 1.36. The lowest BCUT2D eigenvalue weighted by Gasteiger charge is -2.22. The van der Waals surface area contributed by atoms with Gasteiger partial charge in [-0.15, -0.1) is 0 Å². The van der Waals surface area contributed by atoms with Gasteiger partial charge in [-0.1, -0.05) is 30.3 Å². The number of pyridine rings is 2. The van der Waals surface area contributed by atoms with Crippen LogP contribution in [0.3, 0.4) is 0 Å². The fraction of sp³-hybridized carbons (Fsp3) is 0.250. The number of nitrogens with two attached hydrogens (primary N) is 1. The molecule has 3 atom stereocenters. The van der Waals surface area contributed by atoms with E-state index in [1.807, 2.05) is 24.3 Å². The topological polar surface area (TPSA) is 93.3 Å². The summed E-state index contributed by atoms with van der Waals surface area (Å²) in [5.41, 5.74) is 4.97. The van der Waals surface area contributed by atoms with Gasteiger partial charge in [0.2, 0.25) is 5.91 Å². The molecule has 2 heterocycles. The molecule has 0 radical (unpaired) electrons. The van der Waals surface area contributed by atoms with Crippen molar-refractivity contribution in [3.8, 4) is 11.1 Å². The summed E-state index contributed by atoms with van der Waals surface area (Å²) in [4.78, 5) is 25.8. The Morgan fingerprint density at radius 3 is 2.55 bits per heavy atom. The second-order valence-electron chi connectivity index (χ2n) is 10.9. The van der Waals surface area contributed by atoms with Crippen molar-refractivity contribution < 1.29 is 31.1 Å². The number of aliphatic imine (C=N–C) groups is 1. The number of hydrogen-bond donors (Lipinski definition) is 2. The lowest BCUT2D eigenvalue weighted by Crippen LogP contribution is -2.35. The molecule has 2 fully saturated rings. The van der Waals surface area contributed by atoms with E-state index in [4.69, 9.17) is 5.73 Å². The van der Waals surface area contributed by atoms with E-state index in [9.17, 15) is 31.1 Å². The van der Waals surface area contributed by atoms with Gasteiger partial charge in [0.15, 0.2) is 0 Å². The Morgan fingerprint density at radius 2 is 1.80 bits per heavy atom. The quantitative estimate of drug-likeness (QED) is 0.234. The van der Waals surface area contributed by atoms with Crippen molar-refractivity contribution in [2.24, 2.45) is 22.6 Å². The molecule has 0 saturated heterocycles. The van der Waals surface area contributed by atoms with Crippen LogP contribution in [-0.2, 0) is 11.2 Å². The summed E-state index contributed by atoms with van der Waals surface area (Å²) in [6.07, 6.45) is 1.54. The van der Waals surface area contributed by atoms with Crippen molar-refractivity contribution in [2.75, 3.05) is 6.54 Å². The van der Waals surface area contributed by atoms with Gasteiger partial charge in [0.05, 0.1) is 17.4 Å². The molecule has 44 heavy (non-hydrogen) atoms. The minimum Gasteiger partial charge on any atom is -0.397 e. The minimum atomic E-state index is -3.51. The van der Waals surface area contributed by atoms with Crippen molar-refractivity contribution in [1.29, 1.82) is 0 Å². The van der Waals surface area contributed by atoms with Crippen LogP contribution in [0.4, 0.5) is 26.3 Å². The molecule has 3 N–H and O–H groups in total. The fourth-order valence-corrected chi connectivity index (χ4v) is 5.93. The number of rotatable bonds is 8. The molecule has 0 spiro atoms. The zero-order valence-corrected chi connectivity index (χ0v) is 23.0. The van der Waals surface area contributed by atoms with E-state index in [2.05, 4.69) is 20.3 Å². The molecular weight excluding hydrogens is 584 g/mol. The van der Waals surface area contributed by atoms with Crippen LogP contribution < -0.4 is 11.1 Å².